The van der Waals surface area contributed by atoms with Crippen molar-refractivity contribution >= 4 is 0 Å². The second kappa shape index (κ2) is 3.80. The molecule has 0 heterocycles. The second-order valence-electron chi connectivity index (χ2n) is 3.26. The molecule has 0 spiro atoms. The fourth-order valence-corrected chi connectivity index (χ4v) is 1.22. The lowest BCUT2D eigenvalue weighted by Crippen LogP contribution is -2.53. The zero-order chi connectivity index (χ0) is 13.5. The molecule has 8 heteroatoms. The number of phenolic OH excluding ortho intramolecular Hbond substituents is 1. The smallest absolute Gasteiger partial charge is 0.430 e. The Bertz CT molecular complexity index is 395. The van der Waals surface area contributed by atoms with Gasteiger partial charge < -0.3 is 10.2 Å². The molecule has 2 nitrogen and oxygen atoms in total. The zero-order valence-electron chi connectivity index (χ0n) is 7.97. The minimum Gasteiger partial charge on any atom is -0.508 e. The SMILES string of the molecule is Oc1cccc(C(O)(C(F)(F)F)C(F)(F)F)c1. The molecule has 1 rings (SSSR count). The van der Waals surface area contributed by atoms with Gasteiger partial charge in [0.15, 0.2) is 0 Å². The van der Waals surface area contributed by atoms with Gasteiger partial charge in [-0.3, -0.25) is 0 Å². The van der Waals surface area contributed by atoms with Gasteiger partial charge in [-0.05, 0) is 12.1 Å². The molecule has 1 aromatic rings. The lowest BCUT2D eigenvalue weighted by atomic mass is 9.92. The van der Waals surface area contributed by atoms with Crippen molar-refractivity contribution in [1.82, 2.24) is 0 Å². The molecular formula is C9H6F6O2. The third-order valence-corrected chi connectivity index (χ3v) is 2.08. The van der Waals surface area contributed by atoms with Crippen LogP contribution in [-0.4, -0.2) is 22.6 Å². The van der Waals surface area contributed by atoms with Crippen LogP contribution in [0.5, 0.6) is 5.75 Å². The van der Waals surface area contributed by atoms with Crippen LogP contribution in [0.4, 0.5) is 26.3 Å². The van der Waals surface area contributed by atoms with Crippen LogP contribution in [0.15, 0.2) is 24.3 Å². The summed E-state index contributed by atoms with van der Waals surface area (Å²) in [5, 5.41) is 17.8. The maximum absolute atomic E-state index is 12.4. The van der Waals surface area contributed by atoms with Gasteiger partial charge in [-0.1, -0.05) is 12.1 Å². The van der Waals surface area contributed by atoms with Crippen molar-refractivity contribution in [2.24, 2.45) is 0 Å². The topological polar surface area (TPSA) is 40.5 Å². The molecule has 96 valence electrons. The first kappa shape index (κ1) is 13.6. The van der Waals surface area contributed by atoms with Crippen LogP contribution >= 0.6 is 0 Å². The summed E-state index contributed by atoms with van der Waals surface area (Å²) < 4.78 is 74.2. The first-order chi connectivity index (χ1) is 7.50. The van der Waals surface area contributed by atoms with Gasteiger partial charge in [0, 0.05) is 5.56 Å². The Kier molecular flexibility index (Phi) is 3.04. The molecule has 0 aliphatic rings. The number of aliphatic hydroxyl groups is 1. The number of benzene rings is 1. The Morgan fingerprint density at radius 3 is 1.71 bits per heavy atom. The molecule has 0 unspecified atom stereocenters. The summed E-state index contributed by atoms with van der Waals surface area (Å²) in [7, 11) is 0. The molecule has 0 amide bonds. The average molecular weight is 260 g/mol. The van der Waals surface area contributed by atoms with Crippen LogP contribution < -0.4 is 0 Å². The van der Waals surface area contributed by atoms with Gasteiger partial charge in [-0.2, -0.15) is 26.3 Å². The van der Waals surface area contributed by atoms with E-state index in [1.807, 2.05) is 0 Å². The Balaban J connectivity index is 3.46. The third kappa shape index (κ3) is 2.17. The van der Waals surface area contributed by atoms with Crippen molar-refractivity contribution in [3.8, 4) is 5.75 Å². The minimum absolute atomic E-state index is 0.209. The summed E-state index contributed by atoms with van der Waals surface area (Å²) in [5.41, 5.74) is -6.49. The molecule has 0 fully saturated rings. The highest BCUT2D eigenvalue weighted by Crippen LogP contribution is 2.50. The molecule has 0 bridgehead atoms. The van der Waals surface area contributed by atoms with Crippen molar-refractivity contribution < 1.29 is 36.6 Å². The van der Waals surface area contributed by atoms with Gasteiger partial charge in [0.2, 0.25) is 0 Å². The predicted molar refractivity (Wildman–Crippen MR) is 44.1 cm³/mol. The van der Waals surface area contributed by atoms with Crippen molar-refractivity contribution in [2.75, 3.05) is 0 Å². The molecule has 0 atom stereocenters. The van der Waals surface area contributed by atoms with Crippen LogP contribution in [-0.2, 0) is 5.60 Å². The van der Waals surface area contributed by atoms with Crippen molar-refractivity contribution in [1.29, 1.82) is 0 Å². The van der Waals surface area contributed by atoms with E-state index in [4.69, 9.17) is 10.2 Å². The first-order valence-electron chi connectivity index (χ1n) is 4.15. The molecule has 17 heavy (non-hydrogen) atoms. The van der Waals surface area contributed by atoms with E-state index in [1.54, 1.807) is 0 Å². The number of aromatic hydroxyl groups is 1. The van der Waals surface area contributed by atoms with E-state index in [9.17, 15) is 26.3 Å². The number of hydrogen-bond donors (Lipinski definition) is 2. The van der Waals surface area contributed by atoms with Crippen molar-refractivity contribution in [2.45, 2.75) is 18.0 Å². The van der Waals surface area contributed by atoms with Crippen molar-refractivity contribution in [3.05, 3.63) is 29.8 Å². The molecule has 0 saturated carbocycles. The standard InChI is InChI=1S/C9H6F6O2/c10-8(11,12)7(17,9(13,14)15)5-2-1-3-6(16)4-5/h1-4,16-17H. The van der Waals surface area contributed by atoms with Gasteiger partial charge in [-0.15, -0.1) is 0 Å². The second-order valence-corrected chi connectivity index (χ2v) is 3.26. The summed E-state index contributed by atoms with van der Waals surface area (Å²) in [6.45, 7) is 0. The lowest BCUT2D eigenvalue weighted by Gasteiger charge is -2.32. The normalized spacial score (nSPS) is 13.8. The zero-order valence-corrected chi connectivity index (χ0v) is 7.97. The van der Waals surface area contributed by atoms with E-state index in [0.29, 0.717) is 6.07 Å². The number of alkyl halides is 6. The van der Waals surface area contributed by atoms with Crippen LogP contribution in [0.1, 0.15) is 5.56 Å². The molecule has 0 aliphatic heterocycles. The number of phenols is 1. The highest BCUT2D eigenvalue weighted by molar-refractivity contribution is 5.33. The lowest BCUT2D eigenvalue weighted by molar-refractivity contribution is -0.376. The van der Waals surface area contributed by atoms with E-state index in [1.165, 1.54) is 0 Å². The maximum atomic E-state index is 12.4. The summed E-state index contributed by atoms with van der Waals surface area (Å²) in [6, 6.07) is 2.30. The Labute approximate surface area is 91.1 Å². The van der Waals surface area contributed by atoms with Crippen LogP contribution in [0.2, 0.25) is 0 Å². The van der Waals surface area contributed by atoms with Crippen LogP contribution in [0.3, 0.4) is 0 Å². The van der Waals surface area contributed by atoms with Gasteiger partial charge in [-0.25, -0.2) is 0 Å². The Hall–Kier alpha value is -1.44. The van der Waals surface area contributed by atoms with E-state index < -0.39 is 29.3 Å². The van der Waals surface area contributed by atoms with Gasteiger partial charge in [0.05, 0.1) is 0 Å². The predicted octanol–water partition coefficient (Wildman–Crippen LogP) is 2.70. The van der Waals surface area contributed by atoms with E-state index in [-0.39, 0.29) is 6.07 Å². The summed E-state index contributed by atoms with van der Waals surface area (Å²) in [6.07, 6.45) is -11.9. The summed E-state index contributed by atoms with van der Waals surface area (Å²) >= 11 is 0. The molecule has 0 saturated heterocycles. The number of hydrogen-bond acceptors (Lipinski definition) is 2. The van der Waals surface area contributed by atoms with Crippen LogP contribution in [0, 0.1) is 0 Å². The van der Waals surface area contributed by atoms with E-state index >= 15 is 0 Å². The van der Waals surface area contributed by atoms with Crippen LogP contribution in [0.25, 0.3) is 0 Å². The Morgan fingerprint density at radius 1 is 0.882 bits per heavy atom. The minimum atomic E-state index is -5.95. The van der Waals surface area contributed by atoms with Crippen molar-refractivity contribution in [3.63, 3.8) is 0 Å². The molecule has 2 N–H and O–H groups in total. The molecule has 0 radical (unpaired) electrons. The molecule has 0 aliphatic carbocycles. The quantitative estimate of drug-likeness (QED) is 0.762. The van der Waals surface area contributed by atoms with Gasteiger partial charge >= 0.3 is 12.4 Å². The monoisotopic (exact) mass is 260 g/mol. The maximum Gasteiger partial charge on any atom is 0.430 e. The Morgan fingerprint density at radius 2 is 1.35 bits per heavy atom. The molecule has 0 aromatic heterocycles. The highest BCUT2D eigenvalue weighted by atomic mass is 19.4. The summed E-state index contributed by atoms with van der Waals surface area (Å²) in [4.78, 5) is 0. The largest absolute Gasteiger partial charge is 0.508 e. The number of rotatable bonds is 1. The first-order valence-corrected chi connectivity index (χ1v) is 4.15. The molecule has 1 aromatic carbocycles. The summed E-state index contributed by atoms with van der Waals surface area (Å²) in [5.74, 6) is -0.811. The third-order valence-electron chi connectivity index (χ3n) is 2.08. The highest BCUT2D eigenvalue weighted by Gasteiger charge is 2.71. The van der Waals surface area contributed by atoms with E-state index in [2.05, 4.69) is 0 Å². The fourth-order valence-electron chi connectivity index (χ4n) is 1.22. The average Bonchev–Trinajstić information content (AvgIpc) is 2.12. The van der Waals surface area contributed by atoms with Gasteiger partial charge in [0.1, 0.15) is 5.75 Å². The molecular weight excluding hydrogens is 254 g/mol. The van der Waals surface area contributed by atoms with Gasteiger partial charge in [0.25, 0.3) is 5.60 Å². The fraction of sp³-hybridized carbons (Fsp3) is 0.333. The number of halogens is 6. The van der Waals surface area contributed by atoms with E-state index in [0.717, 1.165) is 12.1 Å².